The molecule has 0 aliphatic carbocycles. The Morgan fingerprint density at radius 2 is 2.05 bits per heavy atom. The lowest BCUT2D eigenvalue weighted by atomic mass is 9.39. The Hall–Kier alpha value is -0.498. The van der Waals surface area contributed by atoms with Crippen molar-refractivity contribution in [1.82, 2.24) is 0 Å². The number of hydrogen-bond acceptors (Lipinski definition) is 0. The minimum atomic E-state index is -0.315. The van der Waals surface area contributed by atoms with Crippen molar-refractivity contribution < 1.29 is 0 Å². The van der Waals surface area contributed by atoms with Crippen LogP contribution in [0.4, 0.5) is 0 Å². The van der Waals surface area contributed by atoms with Crippen LogP contribution in [0.25, 0.3) is 0 Å². The maximum absolute atomic E-state index is 3.98. The predicted octanol–water partition coefficient (Wildman–Crippen LogP) is 5.58. The summed E-state index contributed by atoms with van der Waals surface area (Å²) in [6, 6.07) is 0. The number of allylic oxidation sites excluding steroid dienone is 3. The topological polar surface area (TPSA) is 0 Å². The second kappa shape index (κ2) is 8.63. The molecule has 0 nitrogen and oxygen atoms in total. The van der Waals surface area contributed by atoms with Crippen molar-refractivity contribution in [2.75, 3.05) is 0 Å². The van der Waals surface area contributed by atoms with Crippen molar-refractivity contribution in [3.8, 4) is 0 Å². The predicted molar refractivity (Wildman–Crippen MR) is 92.5 cm³/mol. The first-order valence-electron chi connectivity index (χ1n) is 7.88. The monoisotopic (exact) mass is 273 g/mol. The smallest absolute Gasteiger partial charge is 0.113 e. The first-order chi connectivity index (χ1) is 9.13. The van der Waals surface area contributed by atoms with Crippen LogP contribution in [-0.2, 0) is 0 Å². The van der Waals surface area contributed by atoms with Gasteiger partial charge in [-0.05, 0) is 31.6 Å². The second-order valence-electron chi connectivity index (χ2n) is 6.17. The van der Waals surface area contributed by atoms with Crippen molar-refractivity contribution in [2.45, 2.75) is 64.8 Å². The molecular weight excluding hydrogens is 243 g/mol. The van der Waals surface area contributed by atoms with Gasteiger partial charge >= 0.3 is 0 Å². The molecule has 19 heavy (non-hydrogen) atoms. The molecule has 2 heteroatoms. The zero-order valence-electron chi connectivity index (χ0n) is 13.2. The van der Waals surface area contributed by atoms with E-state index >= 15 is 0 Å². The average molecular weight is 273 g/mol. The largest absolute Gasteiger partial charge is 0.169 e. The lowest BCUT2D eigenvalue weighted by Gasteiger charge is -2.33. The summed E-state index contributed by atoms with van der Waals surface area (Å²) in [7, 11) is -0.315. The van der Waals surface area contributed by atoms with E-state index in [0.29, 0.717) is 0 Å². The van der Waals surface area contributed by atoms with Crippen molar-refractivity contribution in [3.05, 3.63) is 36.0 Å². The fourth-order valence-corrected chi connectivity index (χ4v) is 5.56. The zero-order chi connectivity index (χ0) is 14.3. The van der Waals surface area contributed by atoms with Gasteiger partial charge in [0.05, 0.1) is 8.80 Å². The van der Waals surface area contributed by atoms with E-state index in [9.17, 15) is 0 Å². The van der Waals surface area contributed by atoms with Crippen LogP contribution >= 0.6 is 0 Å². The quantitative estimate of drug-likeness (QED) is 0.400. The summed E-state index contributed by atoms with van der Waals surface area (Å²) in [5, 5.41) is 1.86. The number of unbranched alkanes of at least 4 members (excludes halogenated alkanes) is 1. The molecule has 0 aromatic rings. The van der Waals surface area contributed by atoms with Crippen molar-refractivity contribution in [1.29, 1.82) is 0 Å². The molecule has 0 saturated heterocycles. The molecule has 1 rings (SSSR count). The molecule has 1 atom stereocenters. The molecule has 1 aliphatic heterocycles. The molecule has 1 radical (unpaired) electrons. The molecule has 1 aliphatic rings. The zero-order valence-corrected chi connectivity index (χ0v) is 14.2. The Balaban J connectivity index is 2.97. The minimum absolute atomic E-state index is 0.315. The number of hydrogen-bond donors (Lipinski definition) is 0. The molecule has 1 unspecified atom stereocenters. The third-order valence-corrected chi connectivity index (χ3v) is 6.10. The number of rotatable bonds is 8. The summed E-state index contributed by atoms with van der Waals surface area (Å²) in [4.78, 5) is 0. The summed E-state index contributed by atoms with van der Waals surface area (Å²) in [6.45, 7) is 15.9. The molecule has 0 aromatic heterocycles. The second-order valence-corrected chi connectivity index (χ2v) is 8.71. The van der Waals surface area contributed by atoms with Crippen LogP contribution < -0.4 is 0 Å². The first kappa shape index (κ1) is 16.6. The van der Waals surface area contributed by atoms with Crippen LogP contribution in [0.3, 0.4) is 0 Å². The molecule has 1 heterocycles. The molecule has 0 aromatic carbocycles. The van der Waals surface area contributed by atoms with Gasteiger partial charge < -0.3 is 0 Å². The molecular formula is C17H30BSi. The molecule has 0 bridgehead atoms. The van der Waals surface area contributed by atoms with Crippen LogP contribution in [0.2, 0.25) is 25.7 Å². The van der Waals surface area contributed by atoms with Gasteiger partial charge in [0.25, 0.3) is 0 Å². The Bertz CT molecular complexity index is 330. The highest BCUT2D eigenvalue weighted by Crippen LogP contribution is 2.37. The molecule has 0 N–H and O–H groups in total. The lowest BCUT2D eigenvalue weighted by molar-refractivity contribution is 0.554. The highest BCUT2D eigenvalue weighted by Gasteiger charge is 2.31. The highest BCUT2D eigenvalue weighted by molar-refractivity contribution is 6.88. The van der Waals surface area contributed by atoms with Crippen LogP contribution in [0, 0.1) is 5.92 Å². The fraction of sp³-hybridized carbons (Fsp3) is 0.647. The van der Waals surface area contributed by atoms with E-state index in [1.165, 1.54) is 44.7 Å². The van der Waals surface area contributed by atoms with Crippen LogP contribution in [0.5, 0.6) is 0 Å². The summed E-state index contributed by atoms with van der Waals surface area (Å²) in [5.74, 6) is 0.833. The lowest BCUT2D eigenvalue weighted by Crippen LogP contribution is -2.33. The summed E-state index contributed by atoms with van der Waals surface area (Å²) in [5.41, 5.74) is 1.81. The van der Waals surface area contributed by atoms with Crippen molar-refractivity contribution in [3.63, 3.8) is 0 Å². The van der Waals surface area contributed by atoms with Gasteiger partial charge in [-0.2, -0.15) is 0 Å². The van der Waals surface area contributed by atoms with Crippen LogP contribution in [-0.4, -0.2) is 15.5 Å². The SMILES string of the molecule is C=CCB1CC(CC=C)CC(CCCC)=C1[Si](C)C. The van der Waals surface area contributed by atoms with E-state index < -0.39 is 0 Å². The Labute approximate surface area is 122 Å². The molecule has 0 amide bonds. The van der Waals surface area contributed by atoms with Crippen molar-refractivity contribution in [2.24, 2.45) is 5.92 Å². The maximum Gasteiger partial charge on any atom is 0.169 e. The molecule has 0 fully saturated rings. The third kappa shape index (κ3) is 4.83. The van der Waals surface area contributed by atoms with E-state index in [-0.39, 0.29) is 8.80 Å². The summed E-state index contributed by atoms with van der Waals surface area (Å²) in [6.07, 6.45) is 13.3. The van der Waals surface area contributed by atoms with Gasteiger partial charge in [0, 0.05) is 0 Å². The Morgan fingerprint density at radius 1 is 1.32 bits per heavy atom. The van der Waals surface area contributed by atoms with Gasteiger partial charge in [-0.3, -0.25) is 0 Å². The average Bonchev–Trinajstić information content (AvgIpc) is 2.36. The van der Waals surface area contributed by atoms with Gasteiger partial charge in [-0.15, -0.1) is 18.3 Å². The summed E-state index contributed by atoms with van der Waals surface area (Å²) >= 11 is 0. The maximum atomic E-state index is 3.98. The summed E-state index contributed by atoms with van der Waals surface area (Å²) < 4.78 is 0. The molecule has 105 valence electrons. The van der Waals surface area contributed by atoms with E-state index in [1.807, 2.05) is 10.7 Å². The van der Waals surface area contributed by atoms with E-state index in [2.05, 4.69) is 45.3 Å². The Kier molecular flexibility index (Phi) is 7.52. The van der Waals surface area contributed by atoms with Crippen LogP contribution in [0.15, 0.2) is 36.0 Å². The first-order valence-corrected chi connectivity index (χ1v) is 10.4. The van der Waals surface area contributed by atoms with Crippen LogP contribution in [0.1, 0.15) is 39.0 Å². The normalized spacial score (nSPS) is 20.0. The van der Waals surface area contributed by atoms with Gasteiger partial charge in [0.15, 0.2) is 6.71 Å². The van der Waals surface area contributed by atoms with Gasteiger partial charge in [0.1, 0.15) is 0 Å². The van der Waals surface area contributed by atoms with Gasteiger partial charge in [0.2, 0.25) is 0 Å². The molecule has 0 spiro atoms. The van der Waals surface area contributed by atoms with E-state index in [0.717, 1.165) is 12.6 Å². The van der Waals surface area contributed by atoms with E-state index in [1.54, 1.807) is 0 Å². The molecule has 0 saturated carbocycles. The van der Waals surface area contributed by atoms with Gasteiger partial charge in [-0.25, -0.2) is 0 Å². The van der Waals surface area contributed by atoms with Crippen molar-refractivity contribution >= 4 is 15.5 Å². The third-order valence-electron chi connectivity index (χ3n) is 4.26. The highest BCUT2D eigenvalue weighted by atomic mass is 28.3. The standard InChI is InChI=1S/C17H30BSi/c1-6-9-11-16-13-15(10-7-2)14-18(12-8-3)17(16)19(4)5/h7-8,15H,2-3,6,9-14H2,1,4-5H3. The Morgan fingerprint density at radius 3 is 2.58 bits per heavy atom. The fourth-order valence-electron chi connectivity index (χ4n) is 3.57. The van der Waals surface area contributed by atoms with Gasteiger partial charge in [-0.1, -0.05) is 56.8 Å². The van der Waals surface area contributed by atoms with E-state index in [4.69, 9.17) is 0 Å². The minimum Gasteiger partial charge on any atom is -0.113 e.